The number of hydrogen-bond acceptors (Lipinski definition) is 6. The van der Waals surface area contributed by atoms with E-state index in [2.05, 4.69) is 24.8 Å². The Morgan fingerprint density at radius 1 is 1.04 bits per heavy atom. The number of aryl methyl sites for hydroxylation is 1. The predicted molar refractivity (Wildman–Crippen MR) is 99.0 cm³/mol. The fourth-order valence-corrected chi connectivity index (χ4v) is 3.33. The maximum Gasteiger partial charge on any atom is 0.255 e. The summed E-state index contributed by atoms with van der Waals surface area (Å²) in [5.74, 6) is 0.948. The molecule has 0 N–H and O–H groups in total. The van der Waals surface area contributed by atoms with E-state index < -0.39 is 0 Å². The molecule has 1 fully saturated rings. The molecule has 1 amide bonds. The van der Waals surface area contributed by atoms with E-state index in [4.69, 9.17) is 0 Å². The summed E-state index contributed by atoms with van der Waals surface area (Å²) < 4.78 is 0. The summed E-state index contributed by atoms with van der Waals surface area (Å²) in [7, 11) is 0. The standard InChI is InChI=1S/C19H20N6O/c1-14-9-15(11-21-10-14)19(26)25-6-2-5-24(7-8-25)18-16-3-4-20-12-17(16)22-13-23-18/h3-4,9-13H,2,5-8H2,1H3. The highest BCUT2D eigenvalue weighted by Gasteiger charge is 2.22. The molecule has 3 aromatic heterocycles. The summed E-state index contributed by atoms with van der Waals surface area (Å²) in [6.45, 7) is 4.92. The van der Waals surface area contributed by atoms with Gasteiger partial charge in [0, 0.05) is 50.2 Å². The van der Waals surface area contributed by atoms with Gasteiger partial charge in [-0.05, 0) is 31.0 Å². The van der Waals surface area contributed by atoms with Crippen molar-refractivity contribution >= 4 is 22.6 Å². The molecule has 0 spiro atoms. The number of aromatic nitrogens is 4. The molecule has 1 aliphatic heterocycles. The molecule has 0 unspecified atom stereocenters. The molecule has 0 radical (unpaired) electrons. The van der Waals surface area contributed by atoms with Gasteiger partial charge in [0.25, 0.3) is 5.91 Å². The Labute approximate surface area is 151 Å². The summed E-state index contributed by atoms with van der Waals surface area (Å²) >= 11 is 0. The van der Waals surface area contributed by atoms with Crippen LogP contribution in [0.5, 0.6) is 0 Å². The molecule has 0 aliphatic carbocycles. The summed E-state index contributed by atoms with van der Waals surface area (Å²) in [6, 6.07) is 3.83. The fourth-order valence-electron chi connectivity index (χ4n) is 3.33. The van der Waals surface area contributed by atoms with Crippen LogP contribution in [-0.4, -0.2) is 56.9 Å². The Bertz CT molecular complexity index is 939. The highest BCUT2D eigenvalue weighted by Crippen LogP contribution is 2.23. The average Bonchev–Trinajstić information content (AvgIpc) is 2.93. The summed E-state index contributed by atoms with van der Waals surface area (Å²) in [5, 5.41) is 0.991. The lowest BCUT2D eigenvalue weighted by Crippen LogP contribution is -2.35. The van der Waals surface area contributed by atoms with E-state index in [1.165, 1.54) is 0 Å². The van der Waals surface area contributed by atoms with Gasteiger partial charge in [0.2, 0.25) is 0 Å². The number of anilines is 1. The zero-order valence-corrected chi connectivity index (χ0v) is 14.7. The van der Waals surface area contributed by atoms with Crippen LogP contribution in [0.2, 0.25) is 0 Å². The van der Waals surface area contributed by atoms with Crippen LogP contribution < -0.4 is 4.90 Å². The van der Waals surface area contributed by atoms with Crippen molar-refractivity contribution in [3.8, 4) is 0 Å². The number of nitrogens with zero attached hydrogens (tertiary/aromatic N) is 6. The molecule has 0 bridgehead atoms. The van der Waals surface area contributed by atoms with E-state index in [1.54, 1.807) is 31.1 Å². The quantitative estimate of drug-likeness (QED) is 0.706. The molecule has 7 heteroatoms. The van der Waals surface area contributed by atoms with Crippen molar-refractivity contribution in [3.63, 3.8) is 0 Å². The number of rotatable bonds is 2. The highest BCUT2D eigenvalue weighted by atomic mass is 16.2. The average molecular weight is 348 g/mol. The number of pyridine rings is 2. The monoisotopic (exact) mass is 348 g/mol. The van der Waals surface area contributed by atoms with E-state index in [9.17, 15) is 4.79 Å². The lowest BCUT2D eigenvalue weighted by atomic mass is 10.2. The molecule has 26 heavy (non-hydrogen) atoms. The molecule has 3 aromatic rings. The lowest BCUT2D eigenvalue weighted by Gasteiger charge is -2.23. The molecular formula is C19H20N6O. The highest BCUT2D eigenvalue weighted by molar-refractivity contribution is 5.94. The van der Waals surface area contributed by atoms with Crippen molar-refractivity contribution in [1.29, 1.82) is 0 Å². The van der Waals surface area contributed by atoms with Crippen molar-refractivity contribution in [1.82, 2.24) is 24.8 Å². The van der Waals surface area contributed by atoms with E-state index in [0.29, 0.717) is 12.1 Å². The molecule has 4 heterocycles. The summed E-state index contributed by atoms with van der Waals surface area (Å²) in [6.07, 6.45) is 9.37. The third kappa shape index (κ3) is 3.20. The largest absolute Gasteiger partial charge is 0.354 e. The van der Waals surface area contributed by atoms with Crippen LogP contribution in [0.15, 0.2) is 43.2 Å². The van der Waals surface area contributed by atoms with E-state index >= 15 is 0 Å². The Balaban J connectivity index is 1.54. The second-order valence-electron chi connectivity index (χ2n) is 6.47. The number of carbonyl (C=O) groups excluding carboxylic acids is 1. The van der Waals surface area contributed by atoms with Gasteiger partial charge in [0.1, 0.15) is 12.1 Å². The second-order valence-corrected chi connectivity index (χ2v) is 6.47. The van der Waals surface area contributed by atoms with Gasteiger partial charge < -0.3 is 9.80 Å². The Morgan fingerprint density at radius 2 is 1.96 bits per heavy atom. The van der Waals surface area contributed by atoms with Gasteiger partial charge in [0.05, 0.1) is 17.3 Å². The first-order valence-electron chi connectivity index (χ1n) is 8.73. The molecule has 4 rings (SSSR count). The first kappa shape index (κ1) is 16.4. The van der Waals surface area contributed by atoms with Crippen molar-refractivity contribution < 1.29 is 4.79 Å². The van der Waals surface area contributed by atoms with Crippen molar-refractivity contribution in [3.05, 3.63) is 54.4 Å². The summed E-state index contributed by atoms with van der Waals surface area (Å²) in [5.41, 5.74) is 2.48. The van der Waals surface area contributed by atoms with Crippen LogP contribution >= 0.6 is 0 Å². The smallest absolute Gasteiger partial charge is 0.255 e. The maximum atomic E-state index is 12.8. The summed E-state index contributed by atoms with van der Waals surface area (Å²) in [4.78, 5) is 34.0. The predicted octanol–water partition coefficient (Wildman–Crippen LogP) is 2.08. The molecule has 0 atom stereocenters. The maximum absolute atomic E-state index is 12.8. The van der Waals surface area contributed by atoms with Crippen LogP contribution in [0.1, 0.15) is 22.3 Å². The number of carbonyl (C=O) groups is 1. The van der Waals surface area contributed by atoms with Gasteiger partial charge in [-0.15, -0.1) is 0 Å². The molecule has 132 valence electrons. The van der Waals surface area contributed by atoms with Crippen LogP contribution in [0.25, 0.3) is 10.9 Å². The minimum Gasteiger partial charge on any atom is -0.354 e. The third-order valence-corrected chi connectivity index (χ3v) is 4.62. The van der Waals surface area contributed by atoms with Crippen molar-refractivity contribution in [2.75, 3.05) is 31.1 Å². The van der Waals surface area contributed by atoms with Crippen LogP contribution in [-0.2, 0) is 0 Å². The van der Waals surface area contributed by atoms with Gasteiger partial charge in [0.15, 0.2) is 0 Å². The van der Waals surface area contributed by atoms with E-state index in [1.807, 2.05) is 24.0 Å². The minimum atomic E-state index is 0.0415. The number of amides is 1. The topological polar surface area (TPSA) is 75.1 Å². The van der Waals surface area contributed by atoms with Crippen LogP contribution in [0.4, 0.5) is 5.82 Å². The SMILES string of the molecule is Cc1cncc(C(=O)N2CCCN(c3ncnc4cnccc34)CC2)c1. The normalized spacial score (nSPS) is 15.1. The second kappa shape index (κ2) is 7.03. The van der Waals surface area contributed by atoms with Crippen LogP contribution in [0.3, 0.4) is 0 Å². The molecule has 0 saturated carbocycles. The minimum absolute atomic E-state index is 0.0415. The van der Waals surface area contributed by atoms with Gasteiger partial charge in [-0.3, -0.25) is 14.8 Å². The van der Waals surface area contributed by atoms with Crippen molar-refractivity contribution in [2.24, 2.45) is 0 Å². The van der Waals surface area contributed by atoms with Crippen molar-refractivity contribution in [2.45, 2.75) is 13.3 Å². The Morgan fingerprint density at radius 3 is 2.85 bits per heavy atom. The van der Waals surface area contributed by atoms with Gasteiger partial charge >= 0.3 is 0 Å². The first-order valence-corrected chi connectivity index (χ1v) is 8.73. The van der Waals surface area contributed by atoms with E-state index in [0.717, 1.165) is 48.3 Å². The molecular weight excluding hydrogens is 328 g/mol. The lowest BCUT2D eigenvalue weighted by molar-refractivity contribution is 0.0766. The number of fused-ring (bicyclic) bond motifs is 1. The first-order chi connectivity index (χ1) is 12.7. The zero-order valence-electron chi connectivity index (χ0n) is 14.7. The van der Waals surface area contributed by atoms with Gasteiger partial charge in [-0.1, -0.05) is 0 Å². The Kier molecular flexibility index (Phi) is 4.43. The fraction of sp³-hybridized carbons (Fsp3) is 0.316. The van der Waals surface area contributed by atoms with Crippen LogP contribution in [0, 0.1) is 6.92 Å². The molecule has 7 nitrogen and oxygen atoms in total. The molecule has 1 aliphatic rings. The molecule has 1 saturated heterocycles. The van der Waals surface area contributed by atoms with Gasteiger partial charge in [-0.2, -0.15) is 0 Å². The Hall–Kier alpha value is -3.09. The van der Waals surface area contributed by atoms with E-state index in [-0.39, 0.29) is 5.91 Å². The zero-order chi connectivity index (χ0) is 17.9. The molecule has 0 aromatic carbocycles. The number of hydrogen-bond donors (Lipinski definition) is 0. The van der Waals surface area contributed by atoms with Gasteiger partial charge in [-0.25, -0.2) is 9.97 Å². The third-order valence-electron chi connectivity index (χ3n) is 4.62.